The van der Waals surface area contributed by atoms with Crippen LogP contribution >= 0.6 is 0 Å². The molecule has 0 radical (unpaired) electrons. The van der Waals surface area contributed by atoms with Gasteiger partial charge >= 0.3 is 6.18 Å². The molecule has 3 aromatic rings. The van der Waals surface area contributed by atoms with Crippen molar-refractivity contribution in [3.05, 3.63) is 65.5 Å². The van der Waals surface area contributed by atoms with Gasteiger partial charge < -0.3 is 24.8 Å². The molecule has 2 saturated heterocycles. The molecule has 2 fully saturated rings. The maximum atomic E-state index is 15.7. The van der Waals surface area contributed by atoms with Crippen LogP contribution in [-0.4, -0.2) is 78.8 Å². The molecule has 1 N–H and O–H groups in total. The van der Waals surface area contributed by atoms with Crippen LogP contribution in [0, 0.1) is 11.6 Å². The molecular formula is C30H33F5N6O2. The third-order valence-electron chi connectivity index (χ3n) is 7.82. The summed E-state index contributed by atoms with van der Waals surface area (Å²) in [4.78, 5) is 28.1. The molecule has 1 unspecified atom stereocenters. The van der Waals surface area contributed by atoms with Gasteiger partial charge in [-0.3, -0.25) is 4.79 Å². The topological polar surface area (TPSA) is 73.8 Å². The van der Waals surface area contributed by atoms with Crippen molar-refractivity contribution < 1.29 is 31.5 Å². The van der Waals surface area contributed by atoms with Crippen LogP contribution < -0.4 is 15.1 Å². The first-order valence-electron chi connectivity index (χ1n) is 13.9. The van der Waals surface area contributed by atoms with Crippen LogP contribution in [0.3, 0.4) is 0 Å². The van der Waals surface area contributed by atoms with Crippen molar-refractivity contribution in [1.29, 1.82) is 0 Å². The number of benzene rings is 2. The van der Waals surface area contributed by atoms with Crippen LogP contribution in [0.4, 0.5) is 39.3 Å². The number of carbonyl (C=O) groups is 1. The molecule has 1 aromatic heterocycles. The zero-order valence-corrected chi connectivity index (χ0v) is 24.3. The van der Waals surface area contributed by atoms with E-state index in [1.807, 2.05) is 37.6 Å². The van der Waals surface area contributed by atoms with Gasteiger partial charge in [-0.2, -0.15) is 13.2 Å². The molecule has 0 saturated carbocycles. The van der Waals surface area contributed by atoms with Gasteiger partial charge in [-0.05, 0) is 58.2 Å². The van der Waals surface area contributed by atoms with E-state index in [-0.39, 0.29) is 29.0 Å². The van der Waals surface area contributed by atoms with E-state index in [4.69, 9.17) is 4.74 Å². The third-order valence-corrected chi connectivity index (χ3v) is 7.82. The Kier molecular flexibility index (Phi) is 8.32. The predicted molar refractivity (Wildman–Crippen MR) is 153 cm³/mol. The van der Waals surface area contributed by atoms with E-state index in [1.165, 1.54) is 24.5 Å². The molecule has 1 amide bonds. The van der Waals surface area contributed by atoms with Gasteiger partial charge in [0.05, 0.1) is 34.7 Å². The Bertz CT molecular complexity index is 1500. The molecule has 13 heteroatoms. The standard InChI is InChI=1S/C30H33F5N6O2/c1-18-16-40(8-7-39(18)4)26-13-24(32)22(19-14-36-28(37-15-19)41-9-10-43-29(2,3)17-41)12-25(26)38-27(42)21-6-5-20(31)11-23(21)30(33,34)35/h5-6,11-15,18H,7-10,16-17H2,1-4H3,(H,38,42). The van der Waals surface area contributed by atoms with Gasteiger partial charge in [0.25, 0.3) is 5.91 Å². The Morgan fingerprint density at radius 1 is 1.05 bits per heavy atom. The second kappa shape index (κ2) is 11.7. The summed E-state index contributed by atoms with van der Waals surface area (Å²) in [6, 6.07) is 4.59. The molecule has 230 valence electrons. The van der Waals surface area contributed by atoms with E-state index in [0.717, 1.165) is 12.1 Å². The van der Waals surface area contributed by atoms with Gasteiger partial charge in [0.15, 0.2) is 0 Å². The lowest BCUT2D eigenvalue weighted by molar-refractivity contribution is -0.138. The Labute approximate surface area is 246 Å². The predicted octanol–water partition coefficient (Wildman–Crippen LogP) is 5.45. The van der Waals surface area contributed by atoms with Crippen molar-refractivity contribution in [1.82, 2.24) is 14.9 Å². The third kappa shape index (κ3) is 6.72. The number of ether oxygens (including phenoxy) is 1. The number of rotatable bonds is 5. The van der Waals surface area contributed by atoms with Crippen LogP contribution in [0.5, 0.6) is 0 Å². The smallest absolute Gasteiger partial charge is 0.372 e. The monoisotopic (exact) mass is 604 g/mol. The summed E-state index contributed by atoms with van der Waals surface area (Å²) in [5.41, 5.74) is -1.73. The fourth-order valence-electron chi connectivity index (χ4n) is 5.36. The largest absolute Gasteiger partial charge is 0.417 e. The number of likely N-dealkylation sites (N-methyl/N-ethyl adjacent to an activating group) is 1. The molecule has 43 heavy (non-hydrogen) atoms. The minimum Gasteiger partial charge on any atom is -0.372 e. The van der Waals surface area contributed by atoms with Crippen LogP contribution in [0.2, 0.25) is 0 Å². The van der Waals surface area contributed by atoms with Crippen molar-refractivity contribution in [2.24, 2.45) is 0 Å². The lowest BCUT2D eigenvalue weighted by Gasteiger charge is -2.39. The number of aromatic nitrogens is 2. The van der Waals surface area contributed by atoms with Crippen LogP contribution in [-0.2, 0) is 10.9 Å². The van der Waals surface area contributed by atoms with Crippen molar-refractivity contribution in [2.45, 2.75) is 38.6 Å². The van der Waals surface area contributed by atoms with Crippen molar-refractivity contribution in [3.8, 4) is 11.1 Å². The van der Waals surface area contributed by atoms with E-state index < -0.39 is 34.8 Å². The molecule has 2 aromatic carbocycles. The molecule has 2 aliphatic heterocycles. The maximum Gasteiger partial charge on any atom is 0.417 e. The number of anilines is 3. The van der Waals surface area contributed by atoms with Gasteiger partial charge in [-0.25, -0.2) is 18.7 Å². The number of piperazine rings is 1. The van der Waals surface area contributed by atoms with Crippen LogP contribution in [0.15, 0.2) is 42.7 Å². The fraction of sp³-hybridized carbons (Fsp3) is 0.433. The minimum atomic E-state index is -4.97. The molecule has 5 rings (SSSR count). The lowest BCUT2D eigenvalue weighted by atomic mass is 10.0. The number of nitrogens with one attached hydrogen (secondary N) is 1. The average Bonchev–Trinajstić information content (AvgIpc) is 2.94. The highest BCUT2D eigenvalue weighted by Gasteiger charge is 2.36. The van der Waals surface area contributed by atoms with Gasteiger partial charge in [-0.15, -0.1) is 0 Å². The Balaban J connectivity index is 1.52. The number of carbonyl (C=O) groups excluding carboxylic acids is 1. The molecule has 0 aliphatic carbocycles. The summed E-state index contributed by atoms with van der Waals surface area (Å²) in [6.07, 6.45) is -2.03. The Morgan fingerprint density at radius 2 is 1.77 bits per heavy atom. The number of hydrogen-bond donors (Lipinski definition) is 1. The summed E-state index contributed by atoms with van der Waals surface area (Å²) < 4.78 is 76.2. The number of hydrogen-bond acceptors (Lipinski definition) is 7. The lowest BCUT2D eigenvalue weighted by Crippen LogP contribution is -2.50. The zero-order chi connectivity index (χ0) is 31.1. The van der Waals surface area contributed by atoms with E-state index in [9.17, 15) is 22.4 Å². The highest BCUT2D eigenvalue weighted by molar-refractivity contribution is 6.07. The highest BCUT2D eigenvalue weighted by atomic mass is 19.4. The number of amides is 1. The maximum absolute atomic E-state index is 15.7. The minimum absolute atomic E-state index is 0.0604. The van der Waals surface area contributed by atoms with Crippen molar-refractivity contribution in [3.63, 3.8) is 0 Å². The molecule has 3 heterocycles. The average molecular weight is 605 g/mol. The molecule has 2 aliphatic rings. The molecule has 1 atom stereocenters. The first kappa shape index (κ1) is 30.6. The van der Waals surface area contributed by atoms with Gasteiger partial charge in [0.1, 0.15) is 11.6 Å². The fourth-order valence-corrected chi connectivity index (χ4v) is 5.36. The second-order valence-corrected chi connectivity index (χ2v) is 11.6. The number of halogens is 5. The second-order valence-electron chi connectivity index (χ2n) is 11.6. The van der Waals surface area contributed by atoms with Crippen molar-refractivity contribution >= 4 is 23.2 Å². The number of alkyl halides is 3. The Morgan fingerprint density at radius 3 is 2.42 bits per heavy atom. The first-order valence-corrected chi connectivity index (χ1v) is 13.9. The zero-order valence-electron chi connectivity index (χ0n) is 24.3. The quantitative estimate of drug-likeness (QED) is 0.389. The Hall–Kier alpha value is -3.84. The normalized spacial score (nSPS) is 19.4. The van der Waals surface area contributed by atoms with E-state index in [2.05, 4.69) is 20.2 Å². The summed E-state index contributed by atoms with van der Waals surface area (Å²) in [5.74, 6) is -2.38. The summed E-state index contributed by atoms with van der Waals surface area (Å²) in [6.45, 7) is 9.24. The van der Waals surface area contributed by atoms with Gasteiger partial charge in [0, 0.05) is 62.3 Å². The van der Waals surface area contributed by atoms with E-state index in [0.29, 0.717) is 56.5 Å². The van der Waals surface area contributed by atoms with E-state index >= 15 is 4.39 Å². The highest BCUT2D eigenvalue weighted by Crippen LogP contribution is 2.37. The summed E-state index contributed by atoms with van der Waals surface area (Å²) in [7, 11) is 1.96. The molecule has 0 bridgehead atoms. The number of morpholine rings is 1. The molecule has 0 spiro atoms. The van der Waals surface area contributed by atoms with Crippen LogP contribution in [0.25, 0.3) is 11.1 Å². The number of nitrogens with zero attached hydrogens (tertiary/aromatic N) is 5. The summed E-state index contributed by atoms with van der Waals surface area (Å²) in [5, 5.41) is 2.55. The van der Waals surface area contributed by atoms with Gasteiger partial charge in [0.2, 0.25) is 5.95 Å². The van der Waals surface area contributed by atoms with Crippen LogP contribution in [0.1, 0.15) is 36.7 Å². The van der Waals surface area contributed by atoms with Gasteiger partial charge in [-0.1, -0.05) is 0 Å². The molecular weight excluding hydrogens is 571 g/mol. The first-order chi connectivity index (χ1) is 20.2. The van der Waals surface area contributed by atoms with Crippen molar-refractivity contribution in [2.75, 3.05) is 61.5 Å². The molecule has 8 nitrogen and oxygen atoms in total. The SMILES string of the molecule is CC1CN(c2cc(F)c(-c3cnc(N4CCOC(C)(C)C4)nc3)cc2NC(=O)c2ccc(F)cc2C(F)(F)F)CCN1C. The summed E-state index contributed by atoms with van der Waals surface area (Å²) >= 11 is 0. The van der Waals surface area contributed by atoms with E-state index in [1.54, 1.807) is 0 Å².